The van der Waals surface area contributed by atoms with E-state index in [0.29, 0.717) is 5.92 Å². The van der Waals surface area contributed by atoms with E-state index >= 15 is 0 Å². The topological polar surface area (TPSA) is 26.0 Å². The molecule has 0 aromatic heterocycles. The van der Waals surface area contributed by atoms with E-state index in [9.17, 15) is 4.39 Å². The van der Waals surface area contributed by atoms with Gasteiger partial charge in [0.15, 0.2) is 0 Å². The first-order chi connectivity index (χ1) is 9.04. The summed E-state index contributed by atoms with van der Waals surface area (Å²) in [5, 5.41) is 0. The van der Waals surface area contributed by atoms with Gasteiger partial charge in [0.25, 0.3) is 0 Å². The molecule has 0 radical (unpaired) electrons. The van der Waals surface area contributed by atoms with E-state index in [1.54, 1.807) is 0 Å². The molecule has 0 amide bonds. The lowest BCUT2D eigenvalue weighted by molar-refractivity contribution is 0.380. The molecule has 0 aliphatic rings. The SMILES string of the molecule is C=C(c1ccc(C(CC)C(N)CF)cc1)C(C)CC. The van der Waals surface area contributed by atoms with Gasteiger partial charge in [-0.2, -0.15) is 0 Å². The van der Waals surface area contributed by atoms with Gasteiger partial charge < -0.3 is 5.73 Å². The predicted octanol–water partition coefficient (Wildman–Crippen LogP) is 4.54. The molecule has 2 N–H and O–H groups in total. The molecule has 0 aliphatic carbocycles. The molecule has 2 heteroatoms. The number of nitrogens with two attached hydrogens (primary N) is 1. The smallest absolute Gasteiger partial charge is 0.105 e. The third-order valence-electron chi connectivity index (χ3n) is 4.05. The molecule has 0 fully saturated rings. The summed E-state index contributed by atoms with van der Waals surface area (Å²) < 4.78 is 12.7. The summed E-state index contributed by atoms with van der Waals surface area (Å²) in [7, 11) is 0. The average Bonchev–Trinajstić information content (AvgIpc) is 2.46. The van der Waals surface area contributed by atoms with Crippen molar-refractivity contribution in [3.63, 3.8) is 0 Å². The number of hydrogen-bond donors (Lipinski definition) is 1. The minimum absolute atomic E-state index is 0.0934. The van der Waals surface area contributed by atoms with Crippen LogP contribution in [0.25, 0.3) is 5.57 Å². The fraction of sp³-hybridized carbons (Fsp3) is 0.529. The summed E-state index contributed by atoms with van der Waals surface area (Å²) in [5.74, 6) is 0.580. The first-order valence-electron chi connectivity index (χ1n) is 7.15. The second-order valence-corrected chi connectivity index (χ2v) is 5.29. The second-order valence-electron chi connectivity index (χ2n) is 5.29. The molecular formula is C17H26FN. The highest BCUT2D eigenvalue weighted by atomic mass is 19.1. The van der Waals surface area contributed by atoms with Crippen LogP contribution in [0.1, 0.15) is 50.7 Å². The number of rotatable bonds is 7. The van der Waals surface area contributed by atoms with Crippen LogP contribution in [0.5, 0.6) is 0 Å². The Labute approximate surface area is 116 Å². The Kier molecular flexibility index (Phi) is 6.23. The zero-order valence-corrected chi connectivity index (χ0v) is 12.3. The summed E-state index contributed by atoms with van der Waals surface area (Å²) in [5.41, 5.74) is 9.29. The number of benzene rings is 1. The van der Waals surface area contributed by atoms with Crippen molar-refractivity contribution >= 4 is 5.57 Å². The van der Waals surface area contributed by atoms with Crippen LogP contribution in [0.2, 0.25) is 0 Å². The molecule has 1 aromatic rings. The summed E-state index contributed by atoms with van der Waals surface area (Å²) in [6.07, 6.45) is 1.95. The lowest BCUT2D eigenvalue weighted by atomic mass is 9.87. The normalized spacial score (nSPS) is 15.8. The van der Waals surface area contributed by atoms with Gasteiger partial charge in [0.05, 0.1) is 0 Å². The molecule has 3 atom stereocenters. The molecule has 1 nitrogen and oxygen atoms in total. The van der Waals surface area contributed by atoms with E-state index in [0.717, 1.165) is 24.0 Å². The van der Waals surface area contributed by atoms with Gasteiger partial charge in [-0.1, -0.05) is 51.6 Å². The molecule has 3 unspecified atom stereocenters. The highest BCUT2D eigenvalue weighted by Crippen LogP contribution is 2.27. The molecule has 106 valence electrons. The monoisotopic (exact) mass is 263 g/mol. The maximum absolute atomic E-state index is 12.7. The Morgan fingerprint density at radius 3 is 2.21 bits per heavy atom. The van der Waals surface area contributed by atoms with Crippen LogP contribution in [0.15, 0.2) is 30.8 Å². The van der Waals surface area contributed by atoms with Gasteiger partial charge in [-0.15, -0.1) is 0 Å². The molecule has 1 aromatic carbocycles. The van der Waals surface area contributed by atoms with Crippen LogP contribution >= 0.6 is 0 Å². The third kappa shape index (κ3) is 3.90. The zero-order valence-electron chi connectivity index (χ0n) is 12.3. The van der Waals surface area contributed by atoms with Crippen molar-refractivity contribution in [1.29, 1.82) is 0 Å². The minimum Gasteiger partial charge on any atom is -0.325 e. The van der Waals surface area contributed by atoms with Gasteiger partial charge in [-0.3, -0.25) is 0 Å². The van der Waals surface area contributed by atoms with Crippen LogP contribution in [-0.4, -0.2) is 12.7 Å². The molecule has 0 heterocycles. The summed E-state index contributed by atoms with van der Waals surface area (Å²) in [6.45, 7) is 10.1. The van der Waals surface area contributed by atoms with Crippen molar-refractivity contribution in [3.05, 3.63) is 42.0 Å². The van der Waals surface area contributed by atoms with Crippen LogP contribution in [0.4, 0.5) is 4.39 Å². The van der Waals surface area contributed by atoms with Crippen molar-refractivity contribution < 1.29 is 4.39 Å². The molecule has 0 saturated heterocycles. The van der Waals surface area contributed by atoms with Crippen molar-refractivity contribution in [2.45, 2.75) is 45.6 Å². The predicted molar refractivity (Wildman–Crippen MR) is 81.9 cm³/mol. The Balaban J connectivity index is 2.89. The fourth-order valence-electron chi connectivity index (χ4n) is 2.37. The van der Waals surface area contributed by atoms with Crippen molar-refractivity contribution in [2.75, 3.05) is 6.67 Å². The molecule has 19 heavy (non-hydrogen) atoms. The molecule has 0 saturated carbocycles. The first kappa shape index (κ1) is 15.9. The Hall–Kier alpha value is -1.15. The summed E-state index contributed by atoms with van der Waals surface area (Å²) in [6, 6.07) is 7.88. The van der Waals surface area contributed by atoms with Gasteiger partial charge in [0.2, 0.25) is 0 Å². The average molecular weight is 263 g/mol. The molecule has 0 aliphatic heterocycles. The maximum Gasteiger partial charge on any atom is 0.105 e. The van der Waals surface area contributed by atoms with Crippen molar-refractivity contribution in [1.82, 2.24) is 0 Å². The number of hydrogen-bond acceptors (Lipinski definition) is 1. The second kappa shape index (κ2) is 7.44. The number of allylic oxidation sites excluding steroid dienone is 1. The van der Waals surface area contributed by atoms with Gasteiger partial charge in [-0.05, 0) is 35.5 Å². The van der Waals surface area contributed by atoms with E-state index in [4.69, 9.17) is 5.73 Å². The van der Waals surface area contributed by atoms with Crippen LogP contribution in [0.3, 0.4) is 0 Å². The Bertz CT molecular complexity index is 396. The maximum atomic E-state index is 12.7. The third-order valence-corrected chi connectivity index (χ3v) is 4.05. The van der Waals surface area contributed by atoms with Gasteiger partial charge in [0, 0.05) is 12.0 Å². The number of halogens is 1. The van der Waals surface area contributed by atoms with Gasteiger partial charge in [-0.25, -0.2) is 4.39 Å². The van der Waals surface area contributed by atoms with E-state index in [1.807, 2.05) is 6.92 Å². The summed E-state index contributed by atoms with van der Waals surface area (Å²) in [4.78, 5) is 0. The Morgan fingerprint density at radius 2 is 1.79 bits per heavy atom. The van der Waals surface area contributed by atoms with Gasteiger partial charge in [0.1, 0.15) is 6.67 Å². The lowest BCUT2D eigenvalue weighted by Gasteiger charge is -2.21. The van der Waals surface area contributed by atoms with Crippen LogP contribution in [-0.2, 0) is 0 Å². The van der Waals surface area contributed by atoms with E-state index < -0.39 is 12.7 Å². The number of alkyl halides is 1. The Morgan fingerprint density at radius 1 is 1.21 bits per heavy atom. The highest BCUT2D eigenvalue weighted by molar-refractivity contribution is 5.65. The molecular weight excluding hydrogens is 237 g/mol. The van der Waals surface area contributed by atoms with E-state index in [-0.39, 0.29) is 5.92 Å². The van der Waals surface area contributed by atoms with Gasteiger partial charge >= 0.3 is 0 Å². The summed E-state index contributed by atoms with van der Waals surface area (Å²) >= 11 is 0. The minimum atomic E-state index is -0.472. The van der Waals surface area contributed by atoms with Crippen LogP contribution < -0.4 is 5.73 Å². The van der Waals surface area contributed by atoms with Crippen molar-refractivity contribution in [3.8, 4) is 0 Å². The van der Waals surface area contributed by atoms with E-state index in [2.05, 4.69) is 44.7 Å². The van der Waals surface area contributed by atoms with Crippen LogP contribution in [0, 0.1) is 5.92 Å². The fourth-order valence-corrected chi connectivity index (χ4v) is 2.37. The lowest BCUT2D eigenvalue weighted by Crippen LogP contribution is -2.30. The zero-order chi connectivity index (χ0) is 14.4. The quantitative estimate of drug-likeness (QED) is 0.768. The largest absolute Gasteiger partial charge is 0.325 e. The molecule has 0 spiro atoms. The first-order valence-corrected chi connectivity index (χ1v) is 7.15. The standard InChI is InChI=1S/C17H26FN/c1-5-12(3)13(4)14-7-9-15(10-8-14)16(6-2)17(19)11-18/h7-10,12,16-17H,4-6,11,19H2,1-3H3. The highest BCUT2D eigenvalue weighted by Gasteiger charge is 2.18. The molecule has 0 bridgehead atoms. The van der Waals surface area contributed by atoms with Crippen molar-refractivity contribution in [2.24, 2.45) is 11.7 Å². The molecule has 1 rings (SSSR count). The van der Waals surface area contributed by atoms with E-state index in [1.165, 1.54) is 5.56 Å².